The number of ether oxygens (including phenoxy) is 1. The Bertz CT molecular complexity index is 243. The monoisotopic (exact) mass is 169 g/mol. The summed E-state index contributed by atoms with van der Waals surface area (Å²) in [4.78, 5) is 11.2. The number of ketones is 1. The molecule has 0 aromatic rings. The van der Waals surface area contributed by atoms with Gasteiger partial charge in [-0.05, 0) is 19.1 Å². The van der Waals surface area contributed by atoms with Crippen molar-refractivity contribution in [3.63, 3.8) is 0 Å². The highest BCUT2D eigenvalue weighted by Gasteiger charge is 2.15. The molecule has 12 heavy (non-hydrogen) atoms. The van der Waals surface area contributed by atoms with Crippen LogP contribution in [0.4, 0.5) is 0 Å². The van der Waals surface area contributed by atoms with Gasteiger partial charge < -0.3 is 15.6 Å². The molecule has 1 unspecified atom stereocenters. The van der Waals surface area contributed by atoms with Gasteiger partial charge in [-0.3, -0.25) is 4.79 Å². The van der Waals surface area contributed by atoms with E-state index in [2.05, 4.69) is 4.74 Å². The van der Waals surface area contributed by atoms with Gasteiger partial charge in [0.2, 0.25) is 6.29 Å². The number of carbonyl (C=O) groups excluding carboxylic acids is 1. The minimum Gasteiger partial charge on any atom is -0.469 e. The van der Waals surface area contributed by atoms with Crippen LogP contribution in [0.3, 0.4) is 0 Å². The molecule has 4 heteroatoms. The molecule has 4 nitrogen and oxygen atoms in total. The summed E-state index contributed by atoms with van der Waals surface area (Å²) in [5.74, 6) is -0.200. The Morgan fingerprint density at radius 2 is 2.50 bits per heavy atom. The van der Waals surface area contributed by atoms with E-state index in [0.29, 0.717) is 5.57 Å². The molecular weight excluding hydrogens is 158 g/mol. The summed E-state index contributed by atoms with van der Waals surface area (Å²) in [5, 5.41) is 8.97. The predicted molar refractivity (Wildman–Crippen MR) is 43.0 cm³/mol. The van der Waals surface area contributed by atoms with Gasteiger partial charge in [-0.15, -0.1) is 0 Å². The second-order valence-corrected chi connectivity index (χ2v) is 2.60. The Morgan fingerprint density at radius 3 is 3.00 bits per heavy atom. The predicted octanol–water partition coefficient (Wildman–Crippen LogP) is -0.309. The lowest BCUT2D eigenvalue weighted by Gasteiger charge is -2.13. The SMILES string of the molecule is C[C@H](N)C(=O)C1=CC(O)OC=C1. The van der Waals surface area contributed by atoms with Crippen LogP contribution < -0.4 is 5.73 Å². The highest BCUT2D eigenvalue weighted by Crippen LogP contribution is 2.09. The first-order valence-corrected chi connectivity index (χ1v) is 3.63. The number of hydrogen-bond donors (Lipinski definition) is 2. The van der Waals surface area contributed by atoms with E-state index < -0.39 is 12.3 Å². The van der Waals surface area contributed by atoms with Crippen molar-refractivity contribution in [1.82, 2.24) is 0 Å². The molecule has 1 aliphatic heterocycles. The third-order valence-corrected chi connectivity index (χ3v) is 1.49. The minimum atomic E-state index is -1.03. The van der Waals surface area contributed by atoms with E-state index in [1.807, 2.05) is 0 Å². The fraction of sp³-hybridized carbons (Fsp3) is 0.375. The van der Waals surface area contributed by atoms with Crippen molar-refractivity contribution in [2.75, 3.05) is 0 Å². The summed E-state index contributed by atoms with van der Waals surface area (Å²) in [6.07, 6.45) is 3.05. The Kier molecular flexibility index (Phi) is 2.62. The van der Waals surface area contributed by atoms with Crippen molar-refractivity contribution < 1.29 is 14.6 Å². The first-order chi connectivity index (χ1) is 5.61. The fourth-order valence-corrected chi connectivity index (χ4v) is 0.869. The second kappa shape index (κ2) is 3.51. The molecule has 0 fully saturated rings. The van der Waals surface area contributed by atoms with Gasteiger partial charge >= 0.3 is 0 Å². The van der Waals surface area contributed by atoms with Crippen molar-refractivity contribution >= 4 is 5.78 Å². The standard InChI is InChI=1S/C8H11NO3/c1-5(9)8(11)6-2-3-12-7(10)4-6/h2-5,7,10H,9H2,1H3/t5-,7?/m0/s1. The number of aliphatic hydroxyl groups is 1. The zero-order valence-corrected chi connectivity index (χ0v) is 6.73. The smallest absolute Gasteiger partial charge is 0.217 e. The molecule has 2 atom stereocenters. The van der Waals surface area contributed by atoms with E-state index in [9.17, 15) is 4.79 Å². The fourth-order valence-electron chi connectivity index (χ4n) is 0.869. The maximum atomic E-state index is 11.2. The summed E-state index contributed by atoms with van der Waals surface area (Å²) in [7, 11) is 0. The van der Waals surface area contributed by atoms with Crippen molar-refractivity contribution in [2.45, 2.75) is 19.3 Å². The summed E-state index contributed by atoms with van der Waals surface area (Å²) in [6, 6.07) is -0.550. The van der Waals surface area contributed by atoms with E-state index in [0.717, 1.165) is 0 Å². The summed E-state index contributed by atoms with van der Waals surface area (Å²) in [5.41, 5.74) is 5.76. The molecule has 1 rings (SSSR count). The van der Waals surface area contributed by atoms with Gasteiger partial charge in [0.1, 0.15) is 0 Å². The highest BCUT2D eigenvalue weighted by atomic mass is 16.6. The highest BCUT2D eigenvalue weighted by molar-refractivity contribution is 6.01. The Hall–Kier alpha value is -1.13. The van der Waals surface area contributed by atoms with Crippen LogP contribution in [0.15, 0.2) is 24.0 Å². The molecule has 0 amide bonds. The maximum absolute atomic E-state index is 11.2. The molecule has 0 saturated heterocycles. The third-order valence-electron chi connectivity index (χ3n) is 1.49. The first-order valence-electron chi connectivity index (χ1n) is 3.63. The van der Waals surface area contributed by atoms with Gasteiger partial charge in [0.15, 0.2) is 5.78 Å². The van der Waals surface area contributed by atoms with Gasteiger partial charge in [0, 0.05) is 5.57 Å². The van der Waals surface area contributed by atoms with Crippen LogP contribution in [0.5, 0.6) is 0 Å². The normalized spacial score (nSPS) is 24.2. The number of rotatable bonds is 2. The van der Waals surface area contributed by atoms with Gasteiger partial charge in [-0.2, -0.15) is 0 Å². The quantitative estimate of drug-likeness (QED) is 0.594. The van der Waals surface area contributed by atoms with Crippen LogP contribution >= 0.6 is 0 Å². The molecule has 1 aliphatic rings. The average molecular weight is 169 g/mol. The molecule has 0 aromatic heterocycles. The lowest BCUT2D eigenvalue weighted by atomic mass is 10.1. The molecule has 0 radical (unpaired) electrons. The van der Waals surface area contributed by atoms with Crippen molar-refractivity contribution in [3.05, 3.63) is 24.0 Å². The number of aliphatic hydroxyl groups excluding tert-OH is 1. The Balaban J connectivity index is 2.75. The van der Waals surface area contributed by atoms with E-state index in [1.165, 1.54) is 18.4 Å². The van der Waals surface area contributed by atoms with Crippen molar-refractivity contribution in [1.29, 1.82) is 0 Å². The first kappa shape index (κ1) is 8.96. The topological polar surface area (TPSA) is 72.6 Å². The molecular formula is C8H11NO3. The molecule has 3 N–H and O–H groups in total. The number of nitrogens with two attached hydrogens (primary N) is 1. The van der Waals surface area contributed by atoms with Crippen LogP contribution in [0, 0.1) is 0 Å². The molecule has 0 bridgehead atoms. The molecule has 0 saturated carbocycles. The third kappa shape index (κ3) is 1.93. The number of carbonyl (C=O) groups is 1. The largest absolute Gasteiger partial charge is 0.469 e. The lowest BCUT2D eigenvalue weighted by Crippen LogP contribution is -2.29. The van der Waals surface area contributed by atoms with E-state index >= 15 is 0 Å². The maximum Gasteiger partial charge on any atom is 0.217 e. The summed E-state index contributed by atoms with van der Waals surface area (Å²) < 4.78 is 4.64. The van der Waals surface area contributed by atoms with E-state index in [4.69, 9.17) is 10.8 Å². The molecule has 66 valence electrons. The van der Waals surface area contributed by atoms with Crippen LogP contribution in [-0.4, -0.2) is 23.2 Å². The molecule has 0 aromatic carbocycles. The van der Waals surface area contributed by atoms with Gasteiger partial charge in [-0.25, -0.2) is 0 Å². The zero-order valence-electron chi connectivity index (χ0n) is 6.73. The van der Waals surface area contributed by atoms with E-state index in [1.54, 1.807) is 6.92 Å². The number of allylic oxidation sites excluding steroid dienone is 1. The van der Waals surface area contributed by atoms with Crippen molar-refractivity contribution in [3.8, 4) is 0 Å². The van der Waals surface area contributed by atoms with Crippen LogP contribution in [0.2, 0.25) is 0 Å². The van der Waals surface area contributed by atoms with Gasteiger partial charge in [-0.1, -0.05) is 0 Å². The van der Waals surface area contributed by atoms with Gasteiger partial charge in [0.05, 0.1) is 12.3 Å². The van der Waals surface area contributed by atoms with Gasteiger partial charge in [0.25, 0.3) is 0 Å². The molecule has 0 spiro atoms. The zero-order chi connectivity index (χ0) is 9.14. The summed E-state index contributed by atoms with van der Waals surface area (Å²) in [6.45, 7) is 1.60. The second-order valence-electron chi connectivity index (χ2n) is 2.60. The van der Waals surface area contributed by atoms with Crippen LogP contribution in [0.1, 0.15) is 6.92 Å². The average Bonchev–Trinajstić information content (AvgIpc) is 2.03. The summed E-state index contributed by atoms with van der Waals surface area (Å²) >= 11 is 0. The molecule has 1 heterocycles. The van der Waals surface area contributed by atoms with E-state index in [-0.39, 0.29) is 5.78 Å². The minimum absolute atomic E-state index is 0.200. The molecule has 0 aliphatic carbocycles. The Labute approximate surface area is 70.3 Å². The number of hydrogen-bond acceptors (Lipinski definition) is 4. The number of Topliss-reactive ketones (excluding diaryl/α,β-unsaturated/α-hetero) is 1. The Morgan fingerprint density at radius 1 is 1.83 bits per heavy atom. The van der Waals surface area contributed by atoms with Crippen LogP contribution in [-0.2, 0) is 9.53 Å². The van der Waals surface area contributed by atoms with Crippen molar-refractivity contribution in [2.24, 2.45) is 5.73 Å². The van der Waals surface area contributed by atoms with Crippen LogP contribution in [0.25, 0.3) is 0 Å². The lowest BCUT2D eigenvalue weighted by molar-refractivity contribution is -0.116.